The Labute approximate surface area is 197 Å². The first kappa shape index (κ1) is 23.8. The van der Waals surface area contributed by atoms with E-state index in [2.05, 4.69) is 5.16 Å². The molecule has 1 aliphatic rings. The van der Waals surface area contributed by atoms with Crippen molar-refractivity contribution in [3.05, 3.63) is 62.9 Å². The first-order chi connectivity index (χ1) is 16.0. The molecule has 0 saturated carbocycles. The van der Waals surface area contributed by atoms with Crippen LogP contribution in [-0.2, 0) is 28.4 Å². The predicted molar refractivity (Wildman–Crippen MR) is 130 cm³/mol. The number of carbonyl (C=O) groups excluding carboxylic acids is 1. The van der Waals surface area contributed by atoms with Crippen molar-refractivity contribution < 1.29 is 19.8 Å². The molecule has 34 heavy (non-hydrogen) atoms. The topological polar surface area (TPSA) is 114 Å². The van der Waals surface area contributed by atoms with Crippen molar-refractivity contribution in [3.63, 3.8) is 0 Å². The highest BCUT2D eigenvalue weighted by atomic mass is 16.6. The van der Waals surface area contributed by atoms with Gasteiger partial charge < -0.3 is 19.6 Å². The van der Waals surface area contributed by atoms with Gasteiger partial charge in [-0.15, -0.1) is 0 Å². The number of aliphatic hydroxyl groups excluding tert-OH is 1. The summed E-state index contributed by atoms with van der Waals surface area (Å²) in [5.74, 6) is -0.495. The molecule has 0 saturated heterocycles. The van der Waals surface area contributed by atoms with E-state index in [1.807, 2.05) is 45.0 Å². The Morgan fingerprint density at radius 2 is 2.00 bits per heavy atom. The zero-order valence-corrected chi connectivity index (χ0v) is 20.0. The van der Waals surface area contributed by atoms with Gasteiger partial charge in [-0.2, -0.15) is 0 Å². The lowest BCUT2D eigenvalue weighted by atomic mass is 9.84. The van der Waals surface area contributed by atoms with E-state index in [0.29, 0.717) is 16.9 Å². The van der Waals surface area contributed by atoms with E-state index in [4.69, 9.17) is 9.82 Å². The van der Waals surface area contributed by atoms with Gasteiger partial charge in [0.25, 0.3) is 5.56 Å². The molecule has 0 spiro atoms. The van der Waals surface area contributed by atoms with Crippen LogP contribution in [0.4, 0.5) is 0 Å². The quantitative estimate of drug-likeness (QED) is 0.335. The Kier molecular flexibility index (Phi) is 5.91. The van der Waals surface area contributed by atoms with E-state index >= 15 is 0 Å². The summed E-state index contributed by atoms with van der Waals surface area (Å²) in [6.45, 7) is 8.26. The van der Waals surface area contributed by atoms with E-state index in [-0.39, 0.29) is 24.1 Å². The van der Waals surface area contributed by atoms with Gasteiger partial charge in [0, 0.05) is 27.6 Å². The average Bonchev–Trinajstić information content (AvgIpc) is 3.15. The normalized spacial score (nSPS) is 14.8. The van der Waals surface area contributed by atoms with Crippen LogP contribution in [0.15, 0.2) is 40.3 Å². The lowest BCUT2D eigenvalue weighted by Crippen LogP contribution is -2.38. The summed E-state index contributed by atoms with van der Waals surface area (Å²) in [6, 6.07) is 9.20. The molecule has 0 amide bonds. The monoisotopic (exact) mass is 463 g/mol. The largest absolute Gasteiger partial charge is 0.391 e. The third-order valence-electron chi connectivity index (χ3n) is 6.20. The molecule has 2 aromatic heterocycles. The van der Waals surface area contributed by atoms with Gasteiger partial charge in [-0.25, -0.2) is 4.98 Å². The Morgan fingerprint density at radius 1 is 1.29 bits per heavy atom. The molecule has 1 atom stereocenters. The SMILES string of the molecule is CCC(O)(C(C)=O)c1cc2n(c(=O)c1CO)Cc1c-2nc2ccccc2c1/C=N/OC(C)(C)C. The number of fused-ring (bicyclic) bond motifs is 4. The minimum atomic E-state index is -1.88. The number of oxime groups is 1. The van der Waals surface area contributed by atoms with E-state index in [1.165, 1.54) is 11.5 Å². The van der Waals surface area contributed by atoms with Crippen LogP contribution in [0.3, 0.4) is 0 Å². The molecular weight excluding hydrogens is 434 g/mol. The number of hydrogen-bond acceptors (Lipinski definition) is 7. The fraction of sp³-hybridized carbons (Fsp3) is 0.385. The molecule has 1 aliphatic heterocycles. The lowest BCUT2D eigenvalue weighted by molar-refractivity contribution is -0.136. The van der Waals surface area contributed by atoms with E-state index in [0.717, 1.165) is 16.5 Å². The van der Waals surface area contributed by atoms with Gasteiger partial charge in [-0.1, -0.05) is 30.3 Å². The van der Waals surface area contributed by atoms with Crippen molar-refractivity contribution in [3.8, 4) is 11.4 Å². The third-order valence-corrected chi connectivity index (χ3v) is 6.20. The Bertz CT molecular complexity index is 1380. The van der Waals surface area contributed by atoms with Crippen molar-refractivity contribution in [1.82, 2.24) is 9.55 Å². The molecule has 1 aromatic carbocycles. The second-order valence-corrected chi connectivity index (χ2v) is 9.55. The maximum Gasteiger partial charge on any atom is 0.257 e. The number of hydrogen-bond donors (Lipinski definition) is 2. The summed E-state index contributed by atoms with van der Waals surface area (Å²) in [7, 11) is 0. The van der Waals surface area contributed by atoms with Crippen molar-refractivity contribution >= 4 is 22.9 Å². The third kappa shape index (κ3) is 3.82. The molecule has 2 N–H and O–H groups in total. The molecule has 0 fully saturated rings. The van der Waals surface area contributed by atoms with Crippen LogP contribution < -0.4 is 5.56 Å². The highest BCUT2D eigenvalue weighted by Crippen LogP contribution is 2.38. The number of benzene rings is 1. The summed E-state index contributed by atoms with van der Waals surface area (Å²) >= 11 is 0. The molecule has 0 radical (unpaired) electrons. The fourth-order valence-corrected chi connectivity index (χ4v) is 4.38. The molecule has 3 aromatic rings. The van der Waals surface area contributed by atoms with Crippen LogP contribution in [0, 0.1) is 0 Å². The number of Topliss-reactive ketones (excluding diaryl/α,β-unsaturated/α-hetero) is 1. The van der Waals surface area contributed by atoms with Gasteiger partial charge in [0.2, 0.25) is 0 Å². The summed E-state index contributed by atoms with van der Waals surface area (Å²) in [4.78, 5) is 36.1. The Hall–Kier alpha value is -3.36. The second-order valence-electron chi connectivity index (χ2n) is 9.55. The standard InChI is InChI=1S/C26H29N3O5/c1-6-26(33,15(2)31)20-11-22-23-18(13-29(22)24(32)19(20)14-30)17(12-27-34-25(3,4)5)16-9-7-8-10-21(16)28-23/h7-12,30,33H,6,13-14H2,1-5H3/b27-12+. The van der Waals surface area contributed by atoms with E-state index < -0.39 is 29.2 Å². The number of para-hydroxylation sites is 1. The Balaban J connectivity index is 2.01. The van der Waals surface area contributed by atoms with Crippen molar-refractivity contribution in [2.45, 2.75) is 65.4 Å². The molecule has 3 heterocycles. The molecule has 4 rings (SSSR count). The minimum absolute atomic E-state index is 0.00643. The summed E-state index contributed by atoms with van der Waals surface area (Å²) < 4.78 is 1.52. The van der Waals surface area contributed by atoms with Gasteiger partial charge in [0.15, 0.2) is 5.78 Å². The molecule has 8 nitrogen and oxygen atoms in total. The lowest BCUT2D eigenvalue weighted by Gasteiger charge is -2.27. The molecule has 8 heteroatoms. The average molecular weight is 464 g/mol. The number of carbonyl (C=O) groups is 1. The Morgan fingerprint density at radius 3 is 2.62 bits per heavy atom. The van der Waals surface area contributed by atoms with Crippen LogP contribution in [-0.4, -0.2) is 37.4 Å². The van der Waals surface area contributed by atoms with Crippen LogP contribution in [0.5, 0.6) is 0 Å². The number of nitrogens with zero attached hydrogens (tertiary/aromatic N) is 3. The van der Waals surface area contributed by atoms with E-state index in [1.54, 1.807) is 19.2 Å². The second kappa shape index (κ2) is 8.45. The van der Waals surface area contributed by atoms with Gasteiger partial charge in [-0.05, 0) is 46.2 Å². The van der Waals surface area contributed by atoms with Gasteiger partial charge >= 0.3 is 0 Å². The summed E-state index contributed by atoms with van der Waals surface area (Å²) in [5.41, 5.74) is 0.643. The van der Waals surface area contributed by atoms with Gasteiger partial charge in [0.05, 0.1) is 36.3 Å². The van der Waals surface area contributed by atoms with Crippen LogP contribution in [0.25, 0.3) is 22.3 Å². The smallest absolute Gasteiger partial charge is 0.257 e. The number of ketones is 1. The van der Waals surface area contributed by atoms with Crippen molar-refractivity contribution in [1.29, 1.82) is 0 Å². The molecule has 1 unspecified atom stereocenters. The number of pyridine rings is 2. The van der Waals surface area contributed by atoms with E-state index in [9.17, 15) is 19.8 Å². The molecule has 178 valence electrons. The number of aromatic nitrogens is 2. The van der Waals surface area contributed by atoms with Gasteiger partial charge in [-0.3, -0.25) is 9.59 Å². The van der Waals surface area contributed by atoms with Crippen LogP contribution >= 0.6 is 0 Å². The predicted octanol–water partition coefficient (Wildman–Crippen LogP) is 3.25. The highest BCUT2D eigenvalue weighted by Gasteiger charge is 2.38. The minimum Gasteiger partial charge on any atom is -0.391 e. The highest BCUT2D eigenvalue weighted by molar-refractivity contribution is 6.02. The van der Waals surface area contributed by atoms with Crippen LogP contribution in [0.2, 0.25) is 0 Å². The number of aliphatic hydroxyl groups is 2. The first-order valence-corrected chi connectivity index (χ1v) is 11.3. The summed E-state index contributed by atoms with van der Waals surface area (Å²) in [6.07, 6.45) is 1.70. The maximum atomic E-state index is 13.4. The van der Waals surface area contributed by atoms with Crippen molar-refractivity contribution in [2.75, 3.05) is 0 Å². The molecular formula is C26H29N3O5. The van der Waals surface area contributed by atoms with Crippen LogP contribution in [0.1, 0.15) is 63.3 Å². The zero-order chi connectivity index (χ0) is 24.8. The summed E-state index contributed by atoms with van der Waals surface area (Å²) in [5, 5.41) is 26.2. The first-order valence-electron chi connectivity index (χ1n) is 11.3. The fourth-order valence-electron chi connectivity index (χ4n) is 4.38. The number of rotatable bonds is 6. The maximum absolute atomic E-state index is 13.4. The molecule has 0 aliphatic carbocycles. The molecule has 0 bridgehead atoms. The van der Waals surface area contributed by atoms with Gasteiger partial charge in [0.1, 0.15) is 11.2 Å². The zero-order valence-electron chi connectivity index (χ0n) is 20.0. The van der Waals surface area contributed by atoms with Crippen molar-refractivity contribution in [2.24, 2.45) is 5.16 Å².